The summed E-state index contributed by atoms with van der Waals surface area (Å²) < 4.78 is 15.8. The van der Waals surface area contributed by atoms with E-state index < -0.39 is 17.5 Å². The lowest BCUT2D eigenvalue weighted by molar-refractivity contribution is -0.130. The lowest BCUT2D eigenvalue weighted by atomic mass is 9.82. The number of carbonyl (C=O) groups excluding carboxylic acids is 2. The van der Waals surface area contributed by atoms with Crippen LogP contribution in [0.1, 0.15) is 17.0 Å². The van der Waals surface area contributed by atoms with Crippen molar-refractivity contribution >= 4 is 23.3 Å². The molecule has 3 amide bonds. The fourth-order valence-electron chi connectivity index (χ4n) is 3.92. The first-order valence-electron chi connectivity index (χ1n) is 10.3. The van der Waals surface area contributed by atoms with E-state index in [4.69, 9.17) is 14.0 Å². The number of hydrogen-bond donors (Lipinski definition) is 1. The van der Waals surface area contributed by atoms with E-state index >= 15 is 0 Å². The van der Waals surface area contributed by atoms with E-state index in [0.29, 0.717) is 28.5 Å². The molecule has 2 aromatic carbocycles. The van der Waals surface area contributed by atoms with Crippen LogP contribution in [-0.4, -0.2) is 41.2 Å². The lowest BCUT2D eigenvalue weighted by Crippen LogP contribution is -2.45. The minimum atomic E-state index is -1.43. The largest absolute Gasteiger partial charge is 0.497 e. The Morgan fingerprint density at radius 1 is 0.971 bits per heavy atom. The molecule has 1 aliphatic heterocycles. The lowest BCUT2D eigenvalue weighted by Gasteiger charge is -2.28. The third-order valence-corrected chi connectivity index (χ3v) is 6.37. The minimum absolute atomic E-state index is 0.133. The normalized spacial score (nSPS) is 14.8. The van der Waals surface area contributed by atoms with Crippen LogP contribution in [0.5, 0.6) is 11.5 Å². The zero-order chi connectivity index (χ0) is 23.7. The second-order valence-corrected chi connectivity index (χ2v) is 8.34. The molecule has 0 spiro atoms. The number of nitrogens with zero attached hydrogens (tertiary/aromatic N) is 3. The number of nitrogens with one attached hydrogen (secondary N) is 1. The summed E-state index contributed by atoms with van der Waals surface area (Å²) in [5.41, 5.74) is 0.528. The van der Waals surface area contributed by atoms with Crippen LogP contribution in [0.3, 0.4) is 0 Å². The van der Waals surface area contributed by atoms with Gasteiger partial charge in [0.05, 0.1) is 26.3 Å². The monoisotopic (exact) mass is 476 g/mol. The van der Waals surface area contributed by atoms with Crippen LogP contribution >= 0.6 is 11.3 Å². The van der Waals surface area contributed by atoms with E-state index in [1.54, 1.807) is 62.8 Å². The number of hydrogen-bond acceptors (Lipinski definition) is 8. The molecule has 5 rings (SSSR count). The summed E-state index contributed by atoms with van der Waals surface area (Å²) >= 11 is 1.50. The highest BCUT2D eigenvalue weighted by molar-refractivity contribution is 7.08. The van der Waals surface area contributed by atoms with Crippen molar-refractivity contribution in [2.45, 2.75) is 12.1 Å². The number of rotatable bonds is 7. The number of carbonyl (C=O) groups is 2. The number of amides is 3. The summed E-state index contributed by atoms with van der Waals surface area (Å²) in [6.45, 7) is -0.133. The highest BCUT2D eigenvalue weighted by Gasteiger charge is 2.54. The van der Waals surface area contributed by atoms with E-state index in [2.05, 4.69) is 15.5 Å². The highest BCUT2D eigenvalue weighted by atomic mass is 32.1. The van der Waals surface area contributed by atoms with E-state index in [0.717, 1.165) is 10.5 Å². The van der Waals surface area contributed by atoms with Crippen molar-refractivity contribution in [1.29, 1.82) is 0 Å². The molecule has 10 heteroatoms. The number of methoxy groups -OCH3 is 2. The number of aromatic nitrogens is 2. The molecule has 172 valence electrons. The molecular weight excluding hydrogens is 456 g/mol. The molecule has 34 heavy (non-hydrogen) atoms. The maximum atomic E-state index is 13.9. The molecule has 1 aliphatic rings. The zero-order valence-electron chi connectivity index (χ0n) is 18.3. The van der Waals surface area contributed by atoms with Crippen molar-refractivity contribution in [2.24, 2.45) is 0 Å². The molecule has 0 saturated carbocycles. The molecule has 9 nitrogen and oxygen atoms in total. The molecule has 2 aromatic heterocycles. The number of imide groups is 1. The van der Waals surface area contributed by atoms with E-state index in [1.807, 2.05) is 16.8 Å². The highest BCUT2D eigenvalue weighted by Crippen LogP contribution is 2.38. The van der Waals surface area contributed by atoms with Gasteiger partial charge in [-0.1, -0.05) is 29.4 Å². The van der Waals surface area contributed by atoms with Gasteiger partial charge < -0.3 is 19.3 Å². The van der Waals surface area contributed by atoms with Crippen molar-refractivity contribution < 1.29 is 23.6 Å². The second kappa shape index (κ2) is 8.64. The van der Waals surface area contributed by atoms with Crippen LogP contribution in [0.25, 0.3) is 11.5 Å². The number of benzene rings is 2. The van der Waals surface area contributed by atoms with Gasteiger partial charge in [-0.05, 0) is 46.8 Å². The first kappa shape index (κ1) is 21.7. The van der Waals surface area contributed by atoms with Gasteiger partial charge in [-0.25, -0.2) is 4.79 Å². The molecular formula is C24H20N4O5S. The number of thiophene rings is 1. The van der Waals surface area contributed by atoms with Gasteiger partial charge in [-0.2, -0.15) is 16.3 Å². The summed E-state index contributed by atoms with van der Waals surface area (Å²) in [5.74, 6) is 1.38. The Balaban J connectivity index is 1.52. The average molecular weight is 477 g/mol. The van der Waals surface area contributed by atoms with Crippen molar-refractivity contribution in [3.8, 4) is 23.0 Å². The molecule has 1 saturated heterocycles. The standard InChI is InChI=1S/C24H20N4O5S/c1-31-18-7-3-16(4-8-18)24(17-5-9-19(32-2)10-6-17)22(29)28(23(30)26-24)13-20-25-21(33-27-20)15-11-12-34-14-15/h3-12,14H,13H2,1-2H3,(H,26,30). The molecule has 0 atom stereocenters. The van der Waals surface area contributed by atoms with Crippen molar-refractivity contribution in [2.75, 3.05) is 14.2 Å². The molecule has 3 heterocycles. The van der Waals surface area contributed by atoms with Gasteiger partial charge in [0.1, 0.15) is 11.5 Å². The first-order chi connectivity index (χ1) is 16.5. The Labute approximate surface area is 198 Å². The van der Waals surface area contributed by atoms with Crippen LogP contribution in [0.15, 0.2) is 69.9 Å². The van der Waals surface area contributed by atoms with Gasteiger partial charge in [0, 0.05) is 5.38 Å². The maximum absolute atomic E-state index is 13.9. The molecule has 0 unspecified atom stereocenters. The van der Waals surface area contributed by atoms with Crippen molar-refractivity contribution in [3.63, 3.8) is 0 Å². The Morgan fingerprint density at radius 2 is 1.59 bits per heavy atom. The molecule has 4 aromatic rings. The Kier molecular flexibility index (Phi) is 5.50. The van der Waals surface area contributed by atoms with Gasteiger partial charge in [-0.15, -0.1) is 0 Å². The maximum Gasteiger partial charge on any atom is 0.325 e. The Bertz CT molecular complexity index is 1270. The molecule has 1 N–H and O–H groups in total. The molecule has 1 fully saturated rings. The van der Waals surface area contributed by atoms with Gasteiger partial charge in [-0.3, -0.25) is 9.69 Å². The average Bonchev–Trinajstić information content (AvgIpc) is 3.62. The number of urea groups is 1. The Morgan fingerprint density at radius 3 is 2.12 bits per heavy atom. The summed E-state index contributed by atoms with van der Waals surface area (Å²) in [5, 5.41) is 10.6. The molecule has 0 bridgehead atoms. The van der Waals surface area contributed by atoms with Crippen LogP contribution < -0.4 is 14.8 Å². The smallest absolute Gasteiger partial charge is 0.325 e. The predicted molar refractivity (Wildman–Crippen MR) is 123 cm³/mol. The third-order valence-electron chi connectivity index (χ3n) is 5.69. The fraction of sp³-hybridized carbons (Fsp3) is 0.167. The van der Waals surface area contributed by atoms with Crippen LogP contribution in [0.4, 0.5) is 4.79 Å². The second-order valence-electron chi connectivity index (χ2n) is 7.56. The molecule has 0 radical (unpaired) electrons. The zero-order valence-corrected chi connectivity index (χ0v) is 19.2. The van der Waals surface area contributed by atoms with Gasteiger partial charge in [0.25, 0.3) is 11.8 Å². The minimum Gasteiger partial charge on any atom is -0.497 e. The van der Waals surface area contributed by atoms with Crippen LogP contribution in [-0.2, 0) is 16.9 Å². The predicted octanol–water partition coefficient (Wildman–Crippen LogP) is 3.81. The van der Waals surface area contributed by atoms with Gasteiger partial charge in [0.15, 0.2) is 11.4 Å². The fourth-order valence-corrected chi connectivity index (χ4v) is 4.55. The topological polar surface area (TPSA) is 107 Å². The SMILES string of the molecule is COc1ccc(C2(c3ccc(OC)cc3)NC(=O)N(Cc3noc(-c4ccsc4)n3)C2=O)cc1. The van der Waals surface area contributed by atoms with E-state index in [9.17, 15) is 9.59 Å². The first-order valence-corrected chi connectivity index (χ1v) is 11.3. The van der Waals surface area contributed by atoms with Gasteiger partial charge >= 0.3 is 6.03 Å². The Hall–Kier alpha value is -4.18. The molecule has 0 aliphatic carbocycles. The summed E-state index contributed by atoms with van der Waals surface area (Å²) in [7, 11) is 3.13. The summed E-state index contributed by atoms with van der Waals surface area (Å²) in [4.78, 5) is 32.4. The summed E-state index contributed by atoms with van der Waals surface area (Å²) in [6, 6.07) is 15.3. The van der Waals surface area contributed by atoms with Crippen LogP contribution in [0.2, 0.25) is 0 Å². The van der Waals surface area contributed by atoms with E-state index in [-0.39, 0.29) is 12.4 Å². The van der Waals surface area contributed by atoms with Crippen LogP contribution in [0, 0.1) is 0 Å². The van der Waals surface area contributed by atoms with Gasteiger partial charge in [0.2, 0.25) is 0 Å². The van der Waals surface area contributed by atoms with E-state index in [1.165, 1.54) is 11.3 Å². The third kappa shape index (κ3) is 3.57. The quantitative estimate of drug-likeness (QED) is 0.404. The van der Waals surface area contributed by atoms with Crippen molar-refractivity contribution in [3.05, 3.63) is 82.3 Å². The number of ether oxygens (including phenoxy) is 2. The van der Waals surface area contributed by atoms with Crippen molar-refractivity contribution in [1.82, 2.24) is 20.4 Å². The summed E-state index contributed by atoms with van der Waals surface area (Å²) in [6.07, 6.45) is 0.